The molecule has 14 heavy (non-hydrogen) atoms. The number of anilines is 1. The first-order chi connectivity index (χ1) is 6.79. The van der Waals surface area contributed by atoms with E-state index in [-0.39, 0.29) is 0 Å². The van der Waals surface area contributed by atoms with Crippen molar-refractivity contribution in [2.24, 2.45) is 0 Å². The summed E-state index contributed by atoms with van der Waals surface area (Å²) in [4.78, 5) is 6.50. The van der Waals surface area contributed by atoms with E-state index in [0.29, 0.717) is 0 Å². The van der Waals surface area contributed by atoms with Crippen LogP contribution in [0.15, 0.2) is 22.8 Å². The van der Waals surface area contributed by atoms with Crippen molar-refractivity contribution in [3.8, 4) is 0 Å². The molecule has 0 bridgehead atoms. The van der Waals surface area contributed by atoms with Crippen molar-refractivity contribution in [2.75, 3.05) is 31.7 Å². The van der Waals surface area contributed by atoms with Crippen molar-refractivity contribution in [1.29, 1.82) is 0 Å². The lowest BCUT2D eigenvalue weighted by Gasteiger charge is -2.22. The second-order valence-corrected chi connectivity index (χ2v) is 3.74. The Hall–Kier alpha value is -0.610. The molecule has 0 aliphatic carbocycles. The van der Waals surface area contributed by atoms with Crippen LogP contribution >= 0.6 is 15.9 Å². The lowest BCUT2D eigenvalue weighted by atomic mass is 10.4. The summed E-state index contributed by atoms with van der Waals surface area (Å²) in [6.07, 6.45) is 1.80. The van der Waals surface area contributed by atoms with Crippen molar-refractivity contribution >= 4 is 21.7 Å². The van der Waals surface area contributed by atoms with E-state index in [0.717, 1.165) is 30.0 Å². The van der Waals surface area contributed by atoms with Gasteiger partial charge in [0.25, 0.3) is 0 Å². The molecule has 0 aliphatic rings. The van der Waals surface area contributed by atoms with E-state index in [1.54, 1.807) is 13.3 Å². The first-order valence-corrected chi connectivity index (χ1v) is 5.43. The van der Waals surface area contributed by atoms with Gasteiger partial charge in [0.15, 0.2) is 0 Å². The topological polar surface area (TPSA) is 25.4 Å². The summed E-state index contributed by atoms with van der Waals surface area (Å²) >= 11 is 3.48. The van der Waals surface area contributed by atoms with Gasteiger partial charge in [-0.3, -0.25) is 0 Å². The quantitative estimate of drug-likeness (QED) is 0.811. The van der Waals surface area contributed by atoms with Gasteiger partial charge in [0.2, 0.25) is 0 Å². The highest BCUT2D eigenvalue weighted by Gasteiger charge is 2.08. The Labute approximate surface area is 93.2 Å². The lowest BCUT2D eigenvalue weighted by Crippen LogP contribution is -2.27. The van der Waals surface area contributed by atoms with E-state index in [4.69, 9.17) is 4.74 Å². The van der Waals surface area contributed by atoms with Crippen LogP contribution in [0.3, 0.4) is 0 Å². The van der Waals surface area contributed by atoms with Gasteiger partial charge in [-0.2, -0.15) is 0 Å². The molecule has 0 unspecified atom stereocenters. The Kier molecular flexibility index (Phi) is 4.90. The van der Waals surface area contributed by atoms with Gasteiger partial charge in [-0.25, -0.2) is 4.98 Å². The predicted molar refractivity (Wildman–Crippen MR) is 61.7 cm³/mol. The Bertz CT molecular complexity index is 281. The van der Waals surface area contributed by atoms with Crippen molar-refractivity contribution in [2.45, 2.75) is 6.92 Å². The number of rotatable bonds is 5. The molecule has 0 aliphatic heterocycles. The number of hydrogen-bond acceptors (Lipinski definition) is 3. The van der Waals surface area contributed by atoms with Crippen molar-refractivity contribution < 1.29 is 4.74 Å². The smallest absolute Gasteiger partial charge is 0.142 e. The average Bonchev–Trinajstić information content (AvgIpc) is 2.21. The van der Waals surface area contributed by atoms with Crippen LogP contribution in [0.25, 0.3) is 0 Å². The SMILES string of the molecule is CCN(CCOC)c1ncccc1Br. The van der Waals surface area contributed by atoms with Gasteiger partial charge in [0, 0.05) is 26.4 Å². The van der Waals surface area contributed by atoms with Crippen LogP contribution in [0.2, 0.25) is 0 Å². The molecule has 78 valence electrons. The maximum atomic E-state index is 5.05. The minimum atomic E-state index is 0.719. The third kappa shape index (κ3) is 2.96. The molecule has 0 atom stereocenters. The normalized spacial score (nSPS) is 10.2. The zero-order chi connectivity index (χ0) is 10.4. The van der Waals surface area contributed by atoms with Gasteiger partial charge in [0.1, 0.15) is 5.82 Å². The van der Waals surface area contributed by atoms with E-state index in [1.807, 2.05) is 12.1 Å². The van der Waals surface area contributed by atoms with Gasteiger partial charge < -0.3 is 9.64 Å². The number of methoxy groups -OCH3 is 1. The predicted octanol–water partition coefficient (Wildman–Crippen LogP) is 2.32. The van der Waals surface area contributed by atoms with Gasteiger partial charge >= 0.3 is 0 Å². The molecule has 0 fully saturated rings. The monoisotopic (exact) mass is 258 g/mol. The molecule has 1 rings (SSSR count). The summed E-state index contributed by atoms with van der Waals surface area (Å²) in [7, 11) is 1.71. The lowest BCUT2D eigenvalue weighted by molar-refractivity contribution is 0.205. The number of nitrogens with zero attached hydrogens (tertiary/aromatic N) is 2. The van der Waals surface area contributed by atoms with Crippen LogP contribution < -0.4 is 4.90 Å². The second-order valence-electron chi connectivity index (χ2n) is 2.88. The first kappa shape index (κ1) is 11.5. The minimum absolute atomic E-state index is 0.719. The Balaban J connectivity index is 2.73. The minimum Gasteiger partial charge on any atom is -0.383 e. The van der Waals surface area contributed by atoms with Crippen LogP contribution in [0.4, 0.5) is 5.82 Å². The van der Waals surface area contributed by atoms with E-state index in [1.165, 1.54) is 0 Å². The van der Waals surface area contributed by atoms with Gasteiger partial charge in [-0.1, -0.05) is 0 Å². The highest BCUT2D eigenvalue weighted by atomic mass is 79.9. The molecule has 0 N–H and O–H groups in total. The Morgan fingerprint density at radius 1 is 1.57 bits per heavy atom. The highest BCUT2D eigenvalue weighted by molar-refractivity contribution is 9.10. The highest BCUT2D eigenvalue weighted by Crippen LogP contribution is 2.22. The fourth-order valence-corrected chi connectivity index (χ4v) is 1.73. The van der Waals surface area contributed by atoms with Crippen LogP contribution in [0, 0.1) is 0 Å². The largest absolute Gasteiger partial charge is 0.383 e. The zero-order valence-electron chi connectivity index (χ0n) is 8.53. The molecule has 1 aromatic rings. The molecule has 0 saturated carbocycles. The molecule has 0 saturated heterocycles. The standard InChI is InChI=1S/C10H15BrN2O/c1-3-13(7-8-14-2)10-9(11)5-4-6-12-10/h4-6H,3,7-8H2,1-2H3. The molecule has 0 amide bonds. The third-order valence-corrected chi connectivity index (χ3v) is 2.60. The van der Waals surface area contributed by atoms with E-state index in [9.17, 15) is 0 Å². The molecule has 1 heterocycles. The number of pyridine rings is 1. The molecule has 4 heteroatoms. The summed E-state index contributed by atoms with van der Waals surface area (Å²) in [6.45, 7) is 4.62. The summed E-state index contributed by atoms with van der Waals surface area (Å²) in [5.74, 6) is 0.979. The Morgan fingerprint density at radius 2 is 2.36 bits per heavy atom. The molecule has 0 spiro atoms. The summed E-state index contributed by atoms with van der Waals surface area (Å²) in [6, 6.07) is 3.91. The number of hydrogen-bond donors (Lipinski definition) is 0. The maximum Gasteiger partial charge on any atom is 0.142 e. The van der Waals surface area contributed by atoms with E-state index < -0.39 is 0 Å². The van der Waals surface area contributed by atoms with Crippen molar-refractivity contribution in [3.63, 3.8) is 0 Å². The molecule has 0 aromatic carbocycles. The second kappa shape index (κ2) is 5.98. The fourth-order valence-electron chi connectivity index (χ4n) is 1.23. The van der Waals surface area contributed by atoms with Crippen LogP contribution in [0.1, 0.15) is 6.92 Å². The number of halogens is 1. The zero-order valence-corrected chi connectivity index (χ0v) is 10.1. The van der Waals surface area contributed by atoms with E-state index >= 15 is 0 Å². The van der Waals surface area contributed by atoms with Crippen LogP contribution in [-0.2, 0) is 4.74 Å². The molecular weight excluding hydrogens is 244 g/mol. The summed E-state index contributed by atoms with van der Waals surface area (Å²) in [5, 5.41) is 0. The van der Waals surface area contributed by atoms with Crippen LogP contribution in [0.5, 0.6) is 0 Å². The van der Waals surface area contributed by atoms with Gasteiger partial charge in [-0.05, 0) is 35.0 Å². The van der Waals surface area contributed by atoms with Crippen molar-refractivity contribution in [3.05, 3.63) is 22.8 Å². The van der Waals surface area contributed by atoms with Gasteiger partial charge in [-0.15, -0.1) is 0 Å². The van der Waals surface area contributed by atoms with Crippen molar-refractivity contribution in [1.82, 2.24) is 4.98 Å². The molecule has 1 aromatic heterocycles. The molecule has 3 nitrogen and oxygen atoms in total. The number of aromatic nitrogens is 1. The van der Waals surface area contributed by atoms with E-state index in [2.05, 4.69) is 32.7 Å². The Morgan fingerprint density at radius 3 is 2.93 bits per heavy atom. The maximum absolute atomic E-state index is 5.05. The van der Waals surface area contributed by atoms with Gasteiger partial charge in [0.05, 0.1) is 11.1 Å². The third-order valence-electron chi connectivity index (χ3n) is 1.99. The average molecular weight is 259 g/mol. The first-order valence-electron chi connectivity index (χ1n) is 4.64. The fraction of sp³-hybridized carbons (Fsp3) is 0.500. The summed E-state index contributed by atoms with van der Waals surface area (Å²) < 4.78 is 6.08. The molecular formula is C10H15BrN2O. The molecule has 0 radical (unpaired) electrons. The number of ether oxygens (including phenoxy) is 1. The number of likely N-dealkylation sites (N-methyl/N-ethyl adjacent to an activating group) is 1. The van der Waals surface area contributed by atoms with Crippen LogP contribution in [-0.4, -0.2) is 31.8 Å². The summed E-state index contributed by atoms with van der Waals surface area (Å²) in [5.41, 5.74) is 0.